The van der Waals surface area contributed by atoms with Crippen molar-refractivity contribution < 1.29 is 4.79 Å². The summed E-state index contributed by atoms with van der Waals surface area (Å²) in [5.74, 6) is -0.0182. The summed E-state index contributed by atoms with van der Waals surface area (Å²) >= 11 is 7.02. The van der Waals surface area contributed by atoms with Crippen LogP contribution in [0.2, 0.25) is 5.02 Å². The summed E-state index contributed by atoms with van der Waals surface area (Å²) in [6.07, 6.45) is 6.74. The molecule has 0 radical (unpaired) electrons. The average molecular weight is 514 g/mol. The van der Waals surface area contributed by atoms with Crippen molar-refractivity contribution >= 4 is 39.3 Å². The molecular formula is C28H28ClN7O. The van der Waals surface area contributed by atoms with E-state index in [1.165, 1.54) is 6.08 Å². The summed E-state index contributed by atoms with van der Waals surface area (Å²) in [7, 11) is 1.95. The molecule has 0 aliphatic carbocycles. The number of hydrogen-bond acceptors (Lipinski definition) is 4. The second-order valence-corrected chi connectivity index (χ2v) is 10.1. The van der Waals surface area contributed by atoms with Crippen molar-refractivity contribution in [2.45, 2.75) is 32.7 Å². The van der Waals surface area contributed by atoms with Gasteiger partial charge in [-0.15, -0.1) is 0 Å². The molecule has 9 heteroatoms. The van der Waals surface area contributed by atoms with Gasteiger partial charge in [0.25, 0.3) is 0 Å². The molecule has 0 atom stereocenters. The number of rotatable bonds is 4. The van der Waals surface area contributed by atoms with E-state index in [4.69, 9.17) is 16.7 Å². The van der Waals surface area contributed by atoms with E-state index in [0.717, 1.165) is 68.3 Å². The molecule has 0 unspecified atom stereocenters. The second-order valence-electron chi connectivity index (χ2n) is 9.77. The van der Waals surface area contributed by atoms with Gasteiger partial charge in [0.1, 0.15) is 5.69 Å². The van der Waals surface area contributed by atoms with Gasteiger partial charge in [-0.2, -0.15) is 15.3 Å². The summed E-state index contributed by atoms with van der Waals surface area (Å²) in [4.78, 5) is 14.0. The Morgan fingerprint density at radius 1 is 1.16 bits per heavy atom. The van der Waals surface area contributed by atoms with E-state index in [0.29, 0.717) is 18.1 Å². The number of aromatic nitrogens is 6. The van der Waals surface area contributed by atoms with Gasteiger partial charge in [-0.1, -0.05) is 30.3 Å². The highest BCUT2D eigenvalue weighted by Crippen LogP contribution is 2.44. The molecule has 1 aliphatic rings. The number of nitrogens with one attached hydrogen (secondary N) is 1. The smallest absolute Gasteiger partial charge is 0.245 e. The molecule has 2 aromatic carbocycles. The average Bonchev–Trinajstić information content (AvgIpc) is 3.62. The molecule has 1 N–H and O–H groups in total. The van der Waals surface area contributed by atoms with Crippen LogP contribution in [0.4, 0.5) is 0 Å². The minimum atomic E-state index is -0.0182. The minimum absolute atomic E-state index is 0.0182. The number of aromatic amines is 1. The van der Waals surface area contributed by atoms with Crippen LogP contribution < -0.4 is 0 Å². The molecule has 0 spiro atoms. The number of likely N-dealkylation sites (tertiary alicyclic amines) is 1. The van der Waals surface area contributed by atoms with Crippen LogP contribution in [0, 0.1) is 13.8 Å². The van der Waals surface area contributed by atoms with Crippen molar-refractivity contribution in [3.8, 4) is 22.4 Å². The van der Waals surface area contributed by atoms with Crippen LogP contribution in [0.5, 0.6) is 0 Å². The lowest BCUT2D eigenvalue weighted by molar-refractivity contribution is -0.127. The minimum Gasteiger partial charge on any atom is -0.339 e. The van der Waals surface area contributed by atoms with Crippen molar-refractivity contribution in [1.82, 2.24) is 34.7 Å². The van der Waals surface area contributed by atoms with E-state index in [9.17, 15) is 4.79 Å². The van der Waals surface area contributed by atoms with Crippen LogP contribution in [-0.4, -0.2) is 53.7 Å². The number of nitrogens with zero attached hydrogens (tertiary/aromatic N) is 6. The number of amides is 1. The molecule has 37 heavy (non-hydrogen) atoms. The fourth-order valence-electron chi connectivity index (χ4n) is 5.57. The normalized spacial score (nSPS) is 14.6. The molecule has 188 valence electrons. The van der Waals surface area contributed by atoms with Crippen molar-refractivity contribution in [2.75, 3.05) is 13.1 Å². The van der Waals surface area contributed by atoms with Crippen LogP contribution in [-0.2, 0) is 11.8 Å². The van der Waals surface area contributed by atoms with Gasteiger partial charge in [0.05, 0.1) is 34.5 Å². The molecule has 8 nitrogen and oxygen atoms in total. The van der Waals surface area contributed by atoms with Crippen LogP contribution in [0.1, 0.15) is 30.1 Å². The highest BCUT2D eigenvalue weighted by Gasteiger charge is 2.29. The highest BCUT2D eigenvalue weighted by atomic mass is 35.5. The Morgan fingerprint density at radius 2 is 1.95 bits per heavy atom. The third-order valence-electron chi connectivity index (χ3n) is 7.58. The molecule has 1 saturated heterocycles. The zero-order chi connectivity index (χ0) is 25.8. The van der Waals surface area contributed by atoms with Gasteiger partial charge in [0.2, 0.25) is 5.91 Å². The quantitative estimate of drug-likeness (QED) is 0.317. The van der Waals surface area contributed by atoms with Gasteiger partial charge in [-0.25, -0.2) is 0 Å². The maximum absolute atomic E-state index is 12.1. The zero-order valence-electron chi connectivity index (χ0n) is 21.1. The summed E-state index contributed by atoms with van der Waals surface area (Å²) < 4.78 is 4.01. The fourth-order valence-corrected chi connectivity index (χ4v) is 5.82. The lowest BCUT2D eigenvalue weighted by Gasteiger charge is -2.32. The van der Waals surface area contributed by atoms with E-state index in [1.807, 2.05) is 42.0 Å². The number of halogens is 1. The number of benzene rings is 2. The number of carbonyl (C=O) groups is 1. The number of fused-ring (bicyclic) bond motifs is 2. The lowest BCUT2D eigenvalue weighted by atomic mass is 9.94. The Morgan fingerprint density at radius 3 is 2.70 bits per heavy atom. The first-order valence-electron chi connectivity index (χ1n) is 12.4. The SMILES string of the molecule is C=CC(=O)N1CCC(n2nc(-c3ccc4cnn(C)c4c3)c(-c3c(Cl)c(C)cc4[nH]ncc34)c2C)CC1. The predicted molar refractivity (Wildman–Crippen MR) is 147 cm³/mol. The monoisotopic (exact) mass is 513 g/mol. The molecule has 6 rings (SSSR count). The Balaban J connectivity index is 1.56. The van der Waals surface area contributed by atoms with Gasteiger partial charge < -0.3 is 4.90 Å². The third-order valence-corrected chi connectivity index (χ3v) is 8.07. The number of H-pyrrole nitrogens is 1. The van der Waals surface area contributed by atoms with E-state index < -0.39 is 0 Å². The van der Waals surface area contributed by atoms with Gasteiger partial charge in [0, 0.05) is 53.3 Å². The Kier molecular flexibility index (Phi) is 5.64. The molecular weight excluding hydrogens is 486 g/mol. The van der Waals surface area contributed by atoms with Crippen molar-refractivity contribution in [3.05, 3.63) is 65.6 Å². The van der Waals surface area contributed by atoms with Crippen LogP contribution in [0.3, 0.4) is 0 Å². The van der Waals surface area contributed by atoms with E-state index >= 15 is 0 Å². The third kappa shape index (κ3) is 3.74. The molecule has 0 saturated carbocycles. The molecule has 0 bridgehead atoms. The number of aryl methyl sites for hydroxylation is 2. The van der Waals surface area contributed by atoms with Gasteiger partial charge in [-0.3, -0.25) is 19.3 Å². The summed E-state index contributed by atoms with van der Waals surface area (Å²) in [6, 6.07) is 8.52. The van der Waals surface area contributed by atoms with Crippen molar-refractivity contribution in [2.24, 2.45) is 7.05 Å². The topological polar surface area (TPSA) is 84.6 Å². The standard InChI is InChI=1S/C28H28ClN7O/c1-5-24(37)35-10-8-20(9-11-35)36-17(3)25(26-21-15-30-32-22(21)12-16(2)27(26)29)28(33-36)18-6-7-19-14-31-34(4)23(19)13-18/h5-7,12-15,20H,1,8-11H2,2-4H3,(H,30,32). The van der Waals surface area contributed by atoms with Gasteiger partial charge in [0.15, 0.2) is 0 Å². The Labute approximate surface area is 219 Å². The molecule has 5 aromatic rings. The highest BCUT2D eigenvalue weighted by molar-refractivity contribution is 6.36. The first kappa shape index (κ1) is 23.5. The number of carbonyl (C=O) groups excluding carboxylic acids is 1. The van der Waals surface area contributed by atoms with E-state index in [1.54, 1.807) is 0 Å². The molecule has 1 aliphatic heterocycles. The maximum atomic E-state index is 12.1. The summed E-state index contributed by atoms with van der Waals surface area (Å²) in [6.45, 7) is 9.11. The van der Waals surface area contributed by atoms with Crippen molar-refractivity contribution in [1.29, 1.82) is 0 Å². The largest absolute Gasteiger partial charge is 0.339 e. The fraction of sp³-hybridized carbons (Fsp3) is 0.286. The predicted octanol–water partition coefficient (Wildman–Crippen LogP) is 5.60. The van der Waals surface area contributed by atoms with Crippen LogP contribution in [0.15, 0.2) is 49.3 Å². The van der Waals surface area contributed by atoms with E-state index in [-0.39, 0.29) is 11.9 Å². The lowest BCUT2D eigenvalue weighted by Crippen LogP contribution is -2.38. The number of piperidine rings is 1. The van der Waals surface area contributed by atoms with Crippen molar-refractivity contribution in [3.63, 3.8) is 0 Å². The maximum Gasteiger partial charge on any atom is 0.245 e. The van der Waals surface area contributed by atoms with Crippen LogP contribution in [0.25, 0.3) is 44.2 Å². The first-order chi connectivity index (χ1) is 17.9. The number of hydrogen-bond donors (Lipinski definition) is 1. The Bertz CT molecular complexity index is 1680. The van der Waals surface area contributed by atoms with E-state index in [2.05, 4.69) is 51.7 Å². The molecule has 1 amide bonds. The molecule has 1 fully saturated rings. The van der Waals surface area contributed by atoms with Crippen LogP contribution >= 0.6 is 11.6 Å². The summed E-state index contributed by atoms with van der Waals surface area (Å²) in [5.41, 5.74) is 7.82. The molecule has 4 heterocycles. The van der Waals surface area contributed by atoms with Gasteiger partial charge in [-0.05, 0) is 50.5 Å². The zero-order valence-corrected chi connectivity index (χ0v) is 21.9. The second kappa shape index (κ2) is 8.88. The Hall–Kier alpha value is -3.91. The first-order valence-corrected chi connectivity index (χ1v) is 12.8. The summed E-state index contributed by atoms with van der Waals surface area (Å²) in [5, 5.41) is 19.8. The van der Waals surface area contributed by atoms with Gasteiger partial charge >= 0.3 is 0 Å². The molecule has 3 aromatic heterocycles.